The van der Waals surface area contributed by atoms with Gasteiger partial charge in [-0.15, -0.1) is 11.3 Å². The number of thiazole rings is 1. The number of hydrogen-bond donors (Lipinski definition) is 2. The van der Waals surface area contributed by atoms with Crippen molar-refractivity contribution in [3.8, 4) is 27.4 Å². The molecule has 1 aromatic heterocycles. The molecule has 6 rings (SSSR count). The molecule has 3 aromatic rings. The number of likely N-dealkylation sites (tertiary alicyclic amines) is 1. The molecule has 0 radical (unpaired) electrons. The molecule has 190 valence electrons. The molecule has 2 fully saturated rings. The second-order valence-electron chi connectivity index (χ2n) is 10.8. The maximum atomic E-state index is 9.87. The Bertz CT molecular complexity index is 1200. The third kappa shape index (κ3) is 4.72. The van der Waals surface area contributed by atoms with Crippen LogP contribution in [0.15, 0.2) is 36.4 Å². The van der Waals surface area contributed by atoms with Crippen molar-refractivity contribution in [3.63, 3.8) is 0 Å². The predicted octanol–water partition coefficient (Wildman–Crippen LogP) is 5.21. The molecule has 2 N–H and O–H groups in total. The van der Waals surface area contributed by atoms with E-state index in [1.807, 2.05) is 11.3 Å². The smallest absolute Gasteiger partial charge is 0.124 e. The van der Waals surface area contributed by atoms with Crippen LogP contribution in [0.1, 0.15) is 41.0 Å². The van der Waals surface area contributed by atoms with E-state index in [1.54, 1.807) is 0 Å². The SMILES string of the molecule is Cc1c(OCCCN2CC3CC(O)CC3C2)cccc1-c1cccc(-c2nc3c(s2)CNCC3)c1C. The first kappa shape index (κ1) is 24.1. The van der Waals surface area contributed by atoms with E-state index in [0.29, 0.717) is 11.8 Å². The number of fused-ring (bicyclic) bond motifs is 2. The Morgan fingerprint density at radius 2 is 1.75 bits per heavy atom. The highest BCUT2D eigenvalue weighted by molar-refractivity contribution is 7.15. The summed E-state index contributed by atoms with van der Waals surface area (Å²) < 4.78 is 6.30. The molecule has 1 saturated heterocycles. The molecule has 3 heterocycles. The fourth-order valence-electron chi connectivity index (χ4n) is 6.48. The summed E-state index contributed by atoms with van der Waals surface area (Å²) in [6, 6.07) is 13.0. The summed E-state index contributed by atoms with van der Waals surface area (Å²) in [4.78, 5) is 8.94. The molecule has 0 spiro atoms. The van der Waals surface area contributed by atoms with Crippen molar-refractivity contribution in [1.82, 2.24) is 15.2 Å². The van der Waals surface area contributed by atoms with E-state index in [4.69, 9.17) is 9.72 Å². The van der Waals surface area contributed by atoms with Crippen molar-refractivity contribution in [1.29, 1.82) is 0 Å². The first-order valence-electron chi connectivity index (χ1n) is 13.5. The van der Waals surface area contributed by atoms with Crippen molar-refractivity contribution >= 4 is 11.3 Å². The minimum absolute atomic E-state index is 0.0609. The van der Waals surface area contributed by atoms with Gasteiger partial charge < -0.3 is 20.1 Å². The quantitative estimate of drug-likeness (QED) is 0.434. The standard InChI is InChI=1S/C30H37N3O2S/c1-19-24(6-3-8-26(19)30-32-27-10-11-31-16-29(27)36-30)25-7-4-9-28(20(25)2)35-13-5-12-33-17-21-14-23(34)15-22(21)18-33/h3-4,6-9,21-23,31,34H,5,10-18H2,1-2H3. The molecule has 0 bridgehead atoms. The van der Waals surface area contributed by atoms with Crippen molar-refractivity contribution in [3.05, 3.63) is 58.1 Å². The van der Waals surface area contributed by atoms with Gasteiger partial charge in [0.1, 0.15) is 10.8 Å². The van der Waals surface area contributed by atoms with Crippen molar-refractivity contribution < 1.29 is 9.84 Å². The monoisotopic (exact) mass is 503 g/mol. The number of nitrogens with zero attached hydrogens (tertiary/aromatic N) is 2. The van der Waals surface area contributed by atoms with E-state index in [0.717, 1.165) is 75.8 Å². The van der Waals surface area contributed by atoms with Crippen LogP contribution >= 0.6 is 11.3 Å². The van der Waals surface area contributed by atoms with E-state index in [1.165, 1.54) is 38.4 Å². The van der Waals surface area contributed by atoms with E-state index >= 15 is 0 Å². The molecule has 6 heteroatoms. The first-order valence-corrected chi connectivity index (χ1v) is 14.3. The van der Waals surface area contributed by atoms with Gasteiger partial charge in [-0.3, -0.25) is 0 Å². The minimum Gasteiger partial charge on any atom is -0.493 e. The number of rotatable bonds is 7. The van der Waals surface area contributed by atoms with Gasteiger partial charge in [0, 0.05) is 49.6 Å². The van der Waals surface area contributed by atoms with E-state index in [9.17, 15) is 5.11 Å². The second kappa shape index (κ2) is 10.3. The predicted molar refractivity (Wildman–Crippen MR) is 147 cm³/mol. The van der Waals surface area contributed by atoms with Gasteiger partial charge in [0.05, 0.1) is 18.4 Å². The van der Waals surface area contributed by atoms with Crippen LogP contribution < -0.4 is 10.1 Å². The van der Waals surface area contributed by atoms with Crippen LogP contribution in [0.25, 0.3) is 21.7 Å². The van der Waals surface area contributed by atoms with Crippen LogP contribution in [-0.2, 0) is 13.0 Å². The van der Waals surface area contributed by atoms with Gasteiger partial charge >= 0.3 is 0 Å². The Morgan fingerprint density at radius 3 is 2.53 bits per heavy atom. The first-order chi connectivity index (χ1) is 17.6. The second-order valence-corrected chi connectivity index (χ2v) is 11.9. The third-order valence-corrected chi connectivity index (χ3v) is 9.55. The molecule has 1 aliphatic carbocycles. The van der Waals surface area contributed by atoms with Gasteiger partial charge in [-0.2, -0.15) is 0 Å². The van der Waals surface area contributed by atoms with E-state index in [2.05, 4.69) is 60.5 Å². The van der Waals surface area contributed by atoms with Gasteiger partial charge in [0.25, 0.3) is 0 Å². The highest BCUT2D eigenvalue weighted by Crippen LogP contribution is 2.39. The lowest BCUT2D eigenvalue weighted by atomic mass is 9.93. The lowest BCUT2D eigenvalue weighted by Crippen LogP contribution is -2.25. The molecule has 1 saturated carbocycles. The Morgan fingerprint density at radius 1 is 1.03 bits per heavy atom. The normalized spacial score (nSPS) is 23.6. The summed E-state index contributed by atoms with van der Waals surface area (Å²) in [6.07, 6.45) is 3.97. The molecular formula is C30H37N3O2S. The maximum absolute atomic E-state index is 9.87. The third-order valence-electron chi connectivity index (χ3n) is 8.42. The summed E-state index contributed by atoms with van der Waals surface area (Å²) in [7, 11) is 0. The largest absolute Gasteiger partial charge is 0.493 e. The molecule has 5 nitrogen and oxygen atoms in total. The van der Waals surface area contributed by atoms with Crippen LogP contribution in [0.2, 0.25) is 0 Å². The van der Waals surface area contributed by atoms with Crippen molar-refractivity contribution in [2.24, 2.45) is 11.8 Å². The molecule has 2 aromatic carbocycles. The average Bonchev–Trinajstić information content (AvgIpc) is 3.55. The average molecular weight is 504 g/mol. The number of aromatic nitrogens is 1. The highest BCUT2D eigenvalue weighted by atomic mass is 32.1. The summed E-state index contributed by atoms with van der Waals surface area (Å²) in [5.41, 5.74) is 7.47. The van der Waals surface area contributed by atoms with Crippen molar-refractivity contribution in [2.75, 3.05) is 32.8 Å². The Labute approximate surface area is 218 Å². The molecule has 36 heavy (non-hydrogen) atoms. The van der Waals surface area contributed by atoms with Crippen LogP contribution in [0.5, 0.6) is 5.75 Å². The Hall–Kier alpha value is -2.25. The highest BCUT2D eigenvalue weighted by Gasteiger charge is 2.39. The number of aliphatic hydroxyl groups is 1. The van der Waals surface area contributed by atoms with Crippen LogP contribution in [0, 0.1) is 25.7 Å². The molecular weight excluding hydrogens is 466 g/mol. The van der Waals surface area contributed by atoms with Crippen molar-refractivity contribution in [2.45, 2.75) is 52.2 Å². The van der Waals surface area contributed by atoms with Crippen LogP contribution in [0.3, 0.4) is 0 Å². The van der Waals surface area contributed by atoms with Gasteiger partial charge in [-0.1, -0.05) is 30.3 Å². The minimum atomic E-state index is -0.0609. The zero-order valence-electron chi connectivity index (χ0n) is 21.4. The molecule has 2 unspecified atom stereocenters. The Kier molecular flexibility index (Phi) is 6.86. The fourth-order valence-corrected chi connectivity index (χ4v) is 7.64. The number of aliphatic hydroxyl groups excluding tert-OH is 1. The Balaban J connectivity index is 1.13. The number of benzene rings is 2. The van der Waals surface area contributed by atoms with Gasteiger partial charge in [-0.25, -0.2) is 4.98 Å². The van der Waals surface area contributed by atoms with Gasteiger partial charge in [0.2, 0.25) is 0 Å². The van der Waals surface area contributed by atoms with Crippen LogP contribution in [-0.4, -0.2) is 53.9 Å². The lowest BCUT2D eigenvalue weighted by molar-refractivity contribution is 0.160. The van der Waals surface area contributed by atoms with E-state index < -0.39 is 0 Å². The van der Waals surface area contributed by atoms with Crippen LogP contribution in [0.4, 0.5) is 0 Å². The lowest BCUT2D eigenvalue weighted by Gasteiger charge is -2.19. The summed E-state index contributed by atoms with van der Waals surface area (Å²) in [6.45, 7) is 10.5. The molecule has 0 amide bonds. The maximum Gasteiger partial charge on any atom is 0.124 e. The van der Waals surface area contributed by atoms with Gasteiger partial charge in [0.15, 0.2) is 0 Å². The summed E-state index contributed by atoms with van der Waals surface area (Å²) in [5, 5.41) is 14.5. The zero-order chi connectivity index (χ0) is 24.6. The molecule has 3 aliphatic rings. The zero-order valence-corrected chi connectivity index (χ0v) is 22.2. The number of hydrogen-bond acceptors (Lipinski definition) is 6. The molecule has 2 atom stereocenters. The summed E-state index contributed by atoms with van der Waals surface area (Å²) >= 11 is 1.83. The summed E-state index contributed by atoms with van der Waals surface area (Å²) in [5.74, 6) is 2.38. The molecule has 2 aliphatic heterocycles. The van der Waals surface area contributed by atoms with Gasteiger partial charge in [-0.05, 0) is 73.3 Å². The number of ether oxygens (including phenoxy) is 1. The topological polar surface area (TPSA) is 57.6 Å². The fraction of sp³-hybridized carbons (Fsp3) is 0.500. The van der Waals surface area contributed by atoms with E-state index in [-0.39, 0.29) is 6.10 Å². The number of nitrogens with one attached hydrogen (secondary N) is 1.